The van der Waals surface area contributed by atoms with Crippen LogP contribution in [0.1, 0.15) is 38.5 Å². The molecule has 0 bridgehead atoms. The van der Waals surface area contributed by atoms with Crippen molar-refractivity contribution < 1.29 is 14.3 Å². The number of piperazine rings is 1. The van der Waals surface area contributed by atoms with Crippen molar-refractivity contribution in [2.24, 2.45) is 5.92 Å². The smallest absolute Gasteiger partial charge is 0.233 e. The molecule has 33 heavy (non-hydrogen) atoms. The van der Waals surface area contributed by atoms with Crippen LogP contribution in [0.2, 0.25) is 0 Å². The third-order valence-electron chi connectivity index (χ3n) is 6.92. The van der Waals surface area contributed by atoms with Crippen molar-refractivity contribution in [1.29, 1.82) is 0 Å². The van der Waals surface area contributed by atoms with Crippen LogP contribution in [0.25, 0.3) is 0 Å². The predicted octanol–water partition coefficient (Wildman–Crippen LogP) is 2.89. The van der Waals surface area contributed by atoms with Crippen molar-refractivity contribution >= 4 is 23.3 Å². The minimum Gasteiger partial charge on any atom is -0.473 e. The lowest BCUT2D eigenvalue weighted by Crippen LogP contribution is -2.51. The molecular weight excluding hydrogens is 418 g/mol. The van der Waals surface area contributed by atoms with Gasteiger partial charge in [-0.1, -0.05) is 24.6 Å². The van der Waals surface area contributed by atoms with Gasteiger partial charge in [0.2, 0.25) is 17.7 Å². The molecule has 8 nitrogen and oxygen atoms in total. The Hall–Kier alpha value is -3.16. The molecule has 3 aliphatic rings. The van der Waals surface area contributed by atoms with Gasteiger partial charge in [0.05, 0.1) is 5.92 Å². The topological polar surface area (TPSA) is 78.9 Å². The average Bonchev–Trinajstić information content (AvgIpc) is 3.27. The Morgan fingerprint density at radius 3 is 2.36 bits per heavy atom. The van der Waals surface area contributed by atoms with Gasteiger partial charge in [0.1, 0.15) is 6.10 Å². The number of carbonyl (C=O) groups excluding carboxylic acids is 2. The summed E-state index contributed by atoms with van der Waals surface area (Å²) in [5.41, 5.74) is 0.858. The lowest BCUT2D eigenvalue weighted by molar-refractivity contribution is -0.136. The number of aromatic nitrogens is 2. The van der Waals surface area contributed by atoms with Crippen molar-refractivity contribution in [3.63, 3.8) is 0 Å². The Morgan fingerprint density at radius 1 is 0.909 bits per heavy atom. The molecule has 5 rings (SSSR count). The first kappa shape index (κ1) is 21.7. The second-order valence-electron chi connectivity index (χ2n) is 9.16. The van der Waals surface area contributed by atoms with Crippen LogP contribution in [0.3, 0.4) is 0 Å². The van der Waals surface area contributed by atoms with Crippen molar-refractivity contribution in [2.45, 2.75) is 44.6 Å². The van der Waals surface area contributed by atoms with E-state index in [0.717, 1.165) is 24.3 Å². The molecule has 174 valence electrons. The number of para-hydroxylation sites is 1. The Bertz CT molecular complexity index is 954. The van der Waals surface area contributed by atoms with Gasteiger partial charge in [-0.15, -0.1) is 10.2 Å². The van der Waals surface area contributed by atoms with Crippen LogP contribution in [-0.4, -0.2) is 65.7 Å². The van der Waals surface area contributed by atoms with Crippen LogP contribution in [-0.2, 0) is 9.59 Å². The largest absolute Gasteiger partial charge is 0.473 e. The summed E-state index contributed by atoms with van der Waals surface area (Å²) in [6.07, 6.45) is 6.46. The van der Waals surface area contributed by atoms with E-state index >= 15 is 0 Å². The Balaban J connectivity index is 1.12. The average molecular weight is 450 g/mol. The molecule has 3 fully saturated rings. The van der Waals surface area contributed by atoms with E-state index in [1.165, 1.54) is 19.3 Å². The van der Waals surface area contributed by atoms with Gasteiger partial charge < -0.3 is 19.4 Å². The molecule has 8 heteroatoms. The molecular formula is C25H31N5O3. The molecule has 2 saturated heterocycles. The van der Waals surface area contributed by atoms with Crippen molar-refractivity contribution in [1.82, 2.24) is 15.1 Å². The zero-order valence-electron chi connectivity index (χ0n) is 18.9. The standard InChI is InChI=1S/C25H31N5O3/c31-24-17-19(18-30(24)20-7-3-1-4-8-20)25(32)29-15-13-28(14-16-29)22-11-12-23(27-26-22)33-21-9-5-2-6-10-21/h1,3-4,7-8,11-12,19,21H,2,5-6,9-10,13-18H2. The molecule has 1 aromatic heterocycles. The van der Waals surface area contributed by atoms with E-state index in [2.05, 4.69) is 15.1 Å². The molecule has 2 aromatic rings. The monoisotopic (exact) mass is 449 g/mol. The maximum atomic E-state index is 13.1. The van der Waals surface area contributed by atoms with E-state index in [4.69, 9.17) is 4.74 Å². The summed E-state index contributed by atoms with van der Waals surface area (Å²) in [7, 11) is 0. The number of rotatable bonds is 5. The Labute approximate surface area is 194 Å². The van der Waals surface area contributed by atoms with Crippen LogP contribution in [0.5, 0.6) is 5.88 Å². The molecule has 0 radical (unpaired) electrons. The number of benzene rings is 1. The molecule has 1 saturated carbocycles. The fourth-order valence-corrected chi connectivity index (χ4v) is 5.04. The number of carbonyl (C=O) groups is 2. The van der Waals surface area contributed by atoms with Crippen molar-refractivity contribution in [2.75, 3.05) is 42.5 Å². The fraction of sp³-hybridized carbons (Fsp3) is 0.520. The maximum absolute atomic E-state index is 13.1. The van der Waals surface area contributed by atoms with E-state index in [0.29, 0.717) is 38.6 Å². The Kier molecular flexibility index (Phi) is 6.41. The van der Waals surface area contributed by atoms with Gasteiger partial charge in [0.15, 0.2) is 5.82 Å². The quantitative estimate of drug-likeness (QED) is 0.699. The van der Waals surface area contributed by atoms with Crippen molar-refractivity contribution in [3.05, 3.63) is 42.5 Å². The van der Waals surface area contributed by atoms with Gasteiger partial charge in [-0.05, 0) is 43.9 Å². The highest BCUT2D eigenvalue weighted by Gasteiger charge is 2.38. The molecule has 1 unspecified atom stereocenters. The molecule has 1 aliphatic carbocycles. The minimum absolute atomic E-state index is 0.0176. The summed E-state index contributed by atoms with van der Waals surface area (Å²) < 4.78 is 5.98. The summed E-state index contributed by atoms with van der Waals surface area (Å²) in [4.78, 5) is 31.3. The molecule has 1 atom stereocenters. The highest BCUT2D eigenvalue weighted by atomic mass is 16.5. The number of nitrogens with zero attached hydrogens (tertiary/aromatic N) is 5. The highest BCUT2D eigenvalue weighted by molar-refractivity contribution is 6.00. The van der Waals surface area contributed by atoms with Crippen LogP contribution in [0.4, 0.5) is 11.5 Å². The summed E-state index contributed by atoms with van der Waals surface area (Å²) in [6, 6.07) is 13.4. The second kappa shape index (κ2) is 9.77. The minimum atomic E-state index is -0.278. The summed E-state index contributed by atoms with van der Waals surface area (Å²) in [6.45, 7) is 3.10. The van der Waals surface area contributed by atoms with Crippen LogP contribution in [0, 0.1) is 5.92 Å². The van der Waals surface area contributed by atoms with Crippen LogP contribution < -0.4 is 14.5 Å². The van der Waals surface area contributed by atoms with Gasteiger partial charge in [-0.3, -0.25) is 9.59 Å². The van der Waals surface area contributed by atoms with E-state index < -0.39 is 0 Å². The predicted molar refractivity (Wildman–Crippen MR) is 125 cm³/mol. The summed E-state index contributed by atoms with van der Waals surface area (Å²) in [5.74, 6) is 1.21. The first-order chi connectivity index (χ1) is 16.2. The number of anilines is 2. The molecule has 2 aliphatic heterocycles. The number of ether oxygens (including phenoxy) is 1. The third kappa shape index (κ3) is 4.94. The summed E-state index contributed by atoms with van der Waals surface area (Å²) >= 11 is 0. The zero-order valence-corrected chi connectivity index (χ0v) is 18.9. The third-order valence-corrected chi connectivity index (χ3v) is 6.92. The Morgan fingerprint density at radius 2 is 1.67 bits per heavy atom. The van der Waals surface area contributed by atoms with Gasteiger partial charge >= 0.3 is 0 Å². The second-order valence-corrected chi connectivity index (χ2v) is 9.16. The maximum Gasteiger partial charge on any atom is 0.233 e. The lowest BCUT2D eigenvalue weighted by Gasteiger charge is -2.36. The highest BCUT2D eigenvalue weighted by Crippen LogP contribution is 2.27. The number of hydrogen-bond acceptors (Lipinski definition) is 6. The molecule has 2 amide bonds. The first-order valence-electron chi connectivity index (χ1n) is 12.1. The fourth-order valence-electron chi connectivity index (χ4n) is 5.04. The van der Waals surface area contributed by atoms with E-state index in [1.807, 2.05) is 47.4 Å². The van der Waals surface area contributed by atoms with Crippen molar-refractivity contribution in [3.8, 4) is 5.88 Å². The normalized spacial score (nSPS) is 22.0. The van der Waals surface area contributed by atoms with Gasteiger partial charge in [-0.25, -0.2) is 0 Å². The van der Waals surface area contributed by atoms with E-state index in [9.17, 15) is 9.59 Å². The SMILES string of the molecule is O=C(C1CC(=O)N(c2ccccc2)C1)N1CCN(c2ccc(OC3CCCCC3)nn2)CC1. The van der Waals surface area contributed by atoms with E-state index in [1.54, 1.807) is 4.90 Å². The zero-order chi connectivity index (χ0) is 22.6. The molecule has 0 spiro atoms. The van der Waals surface area contributed by atoms with Crippen LogP contribution in [0.15, 0.2) is 42.5 Å². The van der Waals surface area contributed by atoms with E-state index in [-0.39, 0.29) is 30.3 Å². The van der Waals surface area contributed by atoms with Gasteiger partial charge in [-0.2, -0.15) is 0 Å². The number of hydrogen-bond donors (Lipinski definition) is 0. The van der Waals surface area contributed by atoms with Gasteiger partial charge in [0.25, 0.3) is 0 Å². The van der Waals surface area contributed by atoms with Gasteiger partial charge in [0, 0.05) is 50.9 Å². The first-order valence-corrected chi connectivity index (χ1v) is 12.1. The lowest BCUT2D eigenvalue weighted by atomic mass is 9.98. The summed E-state index contributed by atoms with van der Waals surface area (Å²) in [5, 5.41) is 8.64. The number of amides is 2. The van der Waals surface area contributed by atoms with Crippen LogP contribution >= 0.6 is 0 Å². The molecule has 3 heterocycles. The molecule has 0 N–H and O–H groups in total. The molecule has 1 aromatic carbocycles.